The molecule has 2 aromatic rings. The van der Waals surface area contributed by atoms with E-state index in [-0.39, 0.29) is 0 Å². The van der Waals surface area contributed by atoms with Gasteiger partial charge in [-0.3, -0.25) is 0 Å². The van der Waals surface area contributed by atoms with E-state index < -0.39 is 0 Å². The van der Waals surface area contributed by atoms with Crippen LogP contribution in [0.4, 0.5) is 5.82 Å². The highest BCUT2D eigenvalue weighted by Crippen LogP contribution is 2.14. The molecule has 2 rings (SSSR count). The van der Waals surface area contributed by atoms with Gasteiger partial charge in [0.1, 0.15) is 5.82 Å². The SMILES string of the molecule is CNc1cc(COC)nc(-c2ncc(C)cn2)n1. The lowest BCUT2D eigenvalue weighted by molar-refractivity contribution is 0.181. The first kappa shape index (κ1) is 12.4. The van der Waals surface area contributed by atoms with Crippen LogP contribution in [0.5, 0.6) is 0 Å². The number of aryl methyl sites for hydroxylation is 1. The summed E-state index contributed by atoms with van der Waals surface area (Å²) in [5.41, 5.74) is 1.79. The molecule has 1 N–H and O–H groups in total. The Labute approximate surface area is 105 Å². The number of hydrogen-bond acceptors (Lipinski definition) is 6. The van der Waals surface area contributed by atoms with E-state index in [1.807, 2.05) is 13.0 Å². The zero-order chi connectivity index (χ0) is 13.0. The fourth-order valence-electron chi connectivity index (χ4n) is 1.46. The predicted molar refractivity (Wildman–Crippen MR) is 68.1 cm³/mol. The van der Waals surface area contributed by atoms with Gasteiger partial charge in [0.25, 0.3) is 0 Å². The highest BCUT2D eigenvalue weighted by molar-refractivity contribution is 5.48. The monoisotopic (exact) mass is 245 g/mol. The molecule has 0 unspecified atom stereocenters. The number of aromatic nitrogens is 4. The highest BCUT2D eigenvalue weighted by atomic mass is 16.5. The Morgan fingerprint density at radius 2 is 1.89 bits per heavy atom. The largest absolute Gasteiger partial charge is 0.378 e. The van der Waals surface area contributed by atoms with Crippen LogP contribution in [-0.2, 0) is 11.3 Å². The maximum absolute atomic E-state index is 5.08. The van der Waals surface area contributed by atoms with Crippen molar-refractivity contribution in [2.24, 2.45) is 0 Å². The minimum atomic E-state index is 0.427. The third-order valence-electron chi connectivity index (χ3n) is 2.31. The van der Waals surface area contributed by atoms with Gasteiger partial charge >= 0.3 is 0 Å². The number of nitrogens with one attached hydrogen (secondary N) is 1. The first-order valence-electron chi connectivity index (χ1n) is 5.56. The topological polar surface area (TPSA) is 72.8 Å². The summed E-state index contributed by atoms with van der Waals surface area (Å²) in [6.07, 6.45) is 3.49. The van der Waals surface area contributed by atoms with E-state index in [1.54, 1.807) is 26.6 Å². The zero-order valence-corrected chi connectivity index (χ0v) is 10.6. The van der Waals surface area contributed by atoms with Crippen LogP contribution in [-0.4, -0.2) is 34.1 Å². The van der Waals surface area contributed by atoms with Gasteiger partial charge in [-0.25, -0.2) is 19.9 Å². The lowest BCUT2D eigenvalue weighted by Crippen LogP contribution is -2.03. The molecule has 2 aromatic heterocycles. The average molecular weight is 245 g/mol. The Kier molecular flexibility index (Phi) is 3.78. The molecule has 0 spiro atoms. The summed E-state index contributed by atoms with van der Waals surface area (Å²) in [5.74, 6) is 1.72. The lowest BCUT2D eigenvalue weighted by atomic mass is 10.3. The van der Waals surface area contributed by atoms with Gasteiger partial charge < -0.3 is 10.1 Å². The maximum Gasteiger partial charge on any atom is 0.200 e. The second-order valence-electron chi connectivity index (χ2n) is 3.84. The summed E-state index contributed by atoms with van der Waals surface area (Å²) in [6.45, 7) is 2.36. The highest BCUT2D eigenvalue weighted by Gasteiger charge is 2.08. The van der Waals surface area contributed by atoms with Gasteiger partial charge in [0.05, 0.1) is 12.3 Å². The molecular weight excluding hydrogens is 230 g/mol. The lowest BCUT2D eigenvalue weighted by Gasteiger charge is -2.06. The van der Waals surface area contributed by atoms with Crippen LogP contribution in [0.25, 0.3) is 11.6 Å². The number of ether oxygens (including phenoxy) is 1. The number of anilines is 1. The zero-order valence-electron chi connectivity index (χ0n) is 10.6. The van der Waals surface area contributed by atoms with Gasteiger partial charge in [-0.1, -0.05) is 0 Å². The van der Waals surface area contributed by atoms with Gasteiger partial charge in [0, 0.05) is 32.6 Å². The van der Waals surface area contributed by atoms with E-state index in [0.29, 0.717) is 18.3 Å². The molecule has 0 saturated heterocycles. The minimum Gasteiger partial charge on any atom is -0.378 e. The van der Waals surface area contributed by atoms with Crippen molar-refractivity contribution in [2.45, 2.75) is 13.5 Å². The molecule has 2 heterocycles. The smallest absolute Gasteiger partial charge is 0.200 e. The summed E-state index contributed by atoms with van der Waals surface area (Å²) in [6, 6.07) is 1.83. The van der Waals surface area contributed by atoms with Gasteiger partial charge in [-0.05, 0) is 12.5 Å². The maximum atomic E-state index is 5.08. The summed E-state index contributed by atoms with van der Waals surface area (Å²) < 4.78 is 5.08. The Morgan fingerprint density at radius 1 is 1.17 bits per heavy atom. The van der Waals surface area contributed by atoms with E-state index >= 15 is 0 Å². The Bertz CT molecular complexity index is 526. The molecule has 18 heavy (non-hydrogen) atoms. The summed E-state index contributed by atoms with van der Waals surface area (Å²) >= 11 is 0. The molecule has 0 amide bonds. The predicted octanol–water partition coefficient (Wildman–Crippen LogP) is 1.43. The van der Waals surface area contributed by atoms with Crippen molar-refractivity contribution in [3.8, 4) is 11.6 Å². The molecule has 0 saturated carbocycles. The van der Waals surface area contributed by atoms with Crippen molar-refractivity contribution in [2.75, 3.05) is 19.5 Å². The molecular formula is C12H15N5O. The third kappa shape index (κ3) is 2.78. The quantitative estimate of drug-likeness (QED) is 0.878. The van der Waals surface area contributed by atoms with Gasteiger partial charge in [0.2, 0.25) is 0 Å². The van der Waals surface area contributed by atoms with Crippen LogP contribution in [0.3, 0.4) is 0 Å². The van der Waals surface area contributed by atoms with Gasteiger partial charge in [-0.15, -0.1) is 0 Å². The molecule has 0 radical (unpaired) electrons. The molecule has 0 bridgehead atoms. The normalized spacial score (nSPS) is 10.4. The summed E-state index contributed by atoms with van der Waals surface area (Å²) in [4.78, 5) is 17.1. The van der Waals surface area contributed by atoms with Crippen molar-refractivity contribution in [1.82, 2.24) is 19.9 Å². The molecule has 6 nitrogen and oxygen atoms in total. The Hall–Kier alpha value is -2.08. The first-order valence-corrected chi connectivity index (χ1v) is 5.56. The molecule has 0 atom stereocenters. The van der Waals surface area contributed by atoms with Crippen LogP contribution in [0.1, 0.15) is 11.3 Å². The summed E-state index contributed by atoms with van der Waals surface area (Å²) in [7, 11) is 3.43. The van der Waals surface area contributed by atoms with E-state index in [2.05, 4.69) is 25.3 Å². The number of nitrogens with zero attached hydrogens (tertiary/aromatic N) is 4. The van der Waals surface area contributed by atoms with E-state index in [1.165, 1.54) is 0 Å². The molecule has 0 aliphatic rings. The van der Waals surface area contributed by atoms with Crippen LogP contribution in [0.2, 0.25) is 0 Å². The Balaban J connectivity index is 2.42. The van der Waals surface area contributed by atoms with Crippen molar-refractivity contribution < 1.29 is 4.74 Å². The van der Waals surface area contributed by atoms with Crippen molar-refractivity contribution >= 4 is 5.82 Å². The van der Waals surface area contributed by atoms with E-state index in [9.17, 15) is 0 Å². The second-order valence-corrected chi connectivity index (χ2v) is 3.84. The molecule has 0 aliphatic carbocycles. The van der Waals surface area contributed by atoms with Crippen molar-refractivity contribution in [3.63, 3.8) is 0 Å². The van der Waals surface area contributed by atoms with Crippen LogP contribution >= 0.6 is 0 Å². The summed E-state index contributed by atoms with van der Waals surface area (Å²) in [5, 5.41) is 2.99. The van der Waals surface area contributed by atoms with E-state index in [4.69, 9.17) is 4.74 Å². The fraction of sp³-hybridized carbons (Fsp3) is 0.333. The van der Waals surface area contributed by atoms with Crippen molar-refractivity contribution in [3.05, 3.63) is 29.7 Å². The van der Waals surface area contributed by atoms with Crippen LogP contribution in [0.15, 0.2) is 18.5 Å². The van der Waals surface area contributed by atoms with Crippen LogP contribution < -0.4 is 5.32 Å². The van der Waals surface area contributed by atoms with Crippen LogP contribution in [0, 0.1) is 6.92 Å². The Morgan fingerprint density at radius 3 is 2.50 bits per heavy atom. The average Bonchev–Trinajstić information content (AvgIpc) is 2.39. The number of methoxy groups -OCH3 is 1. The van der Waals surface area contributed by atoms with Crippen molar-refractivity contribution in [1.29, 1.82) is 0 Å². The molecule has 6 heteroatoms. The molecule has 0 aliphatic heterocycles. The molecule has 0 fully saturated rings. The third-order valence-corrected chi connectivity index (χ3v) is 2.31. The molecule has 0 aromatic carbocycles. The molecule has 94 valence electrons. The van der Waals surface area contributed by atoms with E-state index in [0.717, 1.165) is 17.1 Å². The van der Waals surface area contributed by atoms with Gasteiger partial charge in [0.15, 0.2) is 11.6 Å². The minimum absolute atomic E-state index is 0.427. The standard InChI is InChI=1S/C12H15N5O/c1-8-5-14-11(15-6-8)12-16-9(7-18-3)4-10(13-2)17-12/h4-6H,7H2,1-3H3,(H,13,16,17). The number of hydrogen-bond donors (Lipinski definition) is 1. The fourth-order valence-corrected chi connectivity index (χ4v) is 1.46. The number of rotatable bonds is 4. The first-order chi connectivity index (χ1) is 8.72. The second kappa shape index (κ2) is 5.50. The van der Waals surface area contributed by atoms with Gasteiger partial charge in [-0.2, -0.15) is 0 Å².